The van der Waals surface area contributed by atoms with Crippen LogP contribution < -0.4 is 5.32 Å². The molecule has 4 unspecified atom stereocenters. The molecule has 2 N–H and O–H groups in total. The number of hydrogen-bond donors (Lipinski definition) is 2. The summed E-state index contributed by atoms with van der Waals surface area (Å²) in [5.74, 6) is 1.55. The Morgan fingerprint density at radius 1 is 1.33 bits per heavy atom. The topological polar surface area (TPSA) is 52.6 Å². The first-order valence-corrected chi connectivity index (χ1v) is 7.28. The number of carbonyl (C=O) groups excluding carboxylic acids is 1. The number of amides is 2. The summed E-state index contributed by atoms with van der Waals surface area (Å²) in [4.78, 5) is 14.0. The van der Waals surface area contributed by atoms with Gasteiger partial charge in [0.05, 0.1) is 0 Å². The molecule has 1 saturated carbocycles. The lowest BCUT2D eigenvalue weighted by molar-refractivity contribution is 0.171. The molecule has 2 amide bonds. The standard InChI is InChI=1S/C14H26N2O2/c1-10-4-3-5-13(11(10)2)15-14(18)16-7-6-12(8-16)9-17/h10-13,17H,3-9H2,1-2H3,(H,15,18). The second-order valence-corrected chi connectivity index (χ2v) is 6.11. The van der Waals surface area contributed by atoms with Crippen molar-refractivity contribution in [3.8, 4) is 0 Å². The zero-order chi connectivity index (χ0) is 13.1. The maximum absolute atomic E-state index is 12.2. The van der Waals surface area contributed by atoms with E-state index in [1.807, 2.05) is 4.90 Å². The fraction of sp³-hybridized carbons (Fsp3) is 0.929. The summed E-state index contributed by atoms with van der Waals surface area (Å²) in [7, 11) is 0. The Morgan fingerprint density at radius 2 is 2.11 bits per heavy atom. The average Bonchev–Trinajstić information content (AvgIpc) is 2.83. The first kappa shape index (κ1) is 13.7. The molecule has 4 atom stereocenters. The molecule has 0 spiro atoms. The Bertz CT molecular complexity index is 296. The monoisotopic (exact) mass is 254 g/mol. The summed E-state index contributed by atoms with van der Waals surface area (Å²) in [6.45, 7) is 6.21. The zero-order valence-corrected chi connectivity index (χ0v) is 11.6. The van der Waals surface area contributed by atoms with Gasteiger partial charge in [0.1, 0.15) is 0 Å². The summed E-state index contributed by atoms with van der Waals surface area (Å²) in [5.41, 5.74) is 0. The molecule has 2 fully saturated rings. The highest BCUT2D eigenvalue weighted by Gasteiger charge is 2.31. The molecule has 0 aromatic carbocycles. The number of aliphatic hydroxyl groups is 1. The fourth-order valence-electron chi connectivity index (χ4n) is 3.20. The molecule has 4 nitrogen and oxygen atoms in total. The minimum Gasteiger partial charge on any atom is -0.396 e. The quantitative estimate of drug-likeness (QED) is 0.790. The van der Waals surface area contributed by atoms with Gasteiger partial charge in [0, 0.05) is 31.7 Å². The highest BCUT2D eigenvalue weighted by molar-refractivity contribution is 5.74. The predicted molar refractivity (Wildman–Crippen MR) is 71.3 cm³/mol. The van der Waals surface area contributed by atoms with Crippen molar-refractivity contribution in [1.29, 1.82) is 0 Å². The van der Waals surface area contributed by atoms with Crippen molar-refractivity contribution in [2.45, 2.75) is 45.6 Å². The van der Waals surface area contributed by atoms with Gasteiger partial charge in [-0.3, -0.25) is 0 Å². The van der Waals surface area contributed by atoms with Crippen LogP contribution in [-0.2, 0) is 0 Å². The molecule has 0 bridgehead atoms. The molecule has 0 aromatic heterocycles. The van der Waals surface area contributed by atoms with E-state index in [9.17, 15) is 4.79 Å². The lowest BCUT2D eigenvalue weighted by Gasteiger charge is -2.35. The predicted octanol–water partition coefficient (Wildman–Crippen LogP) is 1.83. The van der Waals surface area contributed by atoms with Gasteiger partial charge in [0.15, 0.2) is 0 Å². The number of nitrogens with zero attached hydrogens (tertiary/aromatic N) is 1. The van der Waals surface area contributed by atoms with E-state index in [2.05, 4.69) is 19.2 Å². The third-order valence-corrected chi connectivity index (χ3v) is 4.85. The van der Waals surface area contributed by atoms with Crippen molar-refractivity contribution < 1.29 is 9.90 Å². The Kier molecular flexibility index (Phi) is 4.49. The van der Waals surface area contributed by atoms with Crippen LogP contribution >= 0.6 is 0 Å². The van der Waals surface area contributed by atoms with Gasteiger partial charge in [-0.2, -0.15) is 0 Å². The lowest BCUT2D eigenvalue weighted by Crippen LogP contribution is -2.48. The van der Waals surface area contributed by atoms with Gasteiger partial charge in [0.25, 0.3) is 0 Å². The maximum atomic E-state index is 12.2. The summed E-state index contributed by atoms with van der Waals surface area (Å²) in [6, 6.07) is 0.395. The molecule has 18 heavy (non-hydrogen) atoms. The van der Waals surface area contributed by atoms with Gasteiger partial charge < -0.3 is 15.3 Å². The number of urea groups is 1. The number of nitrogens with one attached hydrogen (secondary N) is 1. The highest BCUT2D eigenvalue weighted by atomic mass is 16.3. The Morgan fingerprint density at radius 3 is 2.78 bits per heavy atom. The first-order chi connectivity index (χ1) is 8.61. The lowest BCUT2D eigenvalue weighted by atomic mass is 9.78. The molecule has 0 radical (unpaired) electrons. The number of carbonyl (C=O) groups is 1. The van der Waals surface area contributed by atoms with Gasteiger partial charge in [0.2, 0.25) is 0 Å². The summed E-state index contributed by atoms with van der Waals surface area (Å²) < 4.78 is 0. The Hall–Kier alpha value is -0.770. The van der Waals surface area contributed by atoms with E-state index >= 15 is 0 Å². The molecule has 2 aliphatic rings. The molecule has 1 aliphatic heterocycles. The highest BCUT2D eigenvalue weighted by Crippen LogP contribution is 2.29. The molecule has 0 aromatic rings. The molecule has 1 saturated heterocycles. The van der Waals surface area contributed by atoms with E-state index in [-0.39, 0.29) is 18.6 Å². The molecule has 4 heteroatoms. The third-order valence-electron chi connectivity index (χ3n) is 4.85. The van der Waals surface area contributed by atoms with Crippen LogP contribution in [0.2, 0.25) is 0 Å². The number of likely N-dealkylation sites (tertiary alicyclic amines) is 1. The maximum Gasteiger partial charge on any atom is 0.317 e. The number of aliphatic hydroxyl groups excluding tert-OH is 1. The van der Waals surface area contributed by atoms with E-state index in [1.165, 1.54) is 12.8 Å². The SMILES string of the molecule is CC1CCCC(NC(=O)N2CCC(CO)C2)C1C. The average molecular weight is 254 g/mol. The van der Waals surface area contributed by atoms with Crippen LogP contribution in [0.25, 0.3) is 0 Å². The van der Waals surface area contributed by atoms with Crippen LogP contribution in [0.15, 0.2) is 0 Å². The third kappa shape index (κ3) is 2.97. The van der Waals surface area contributed by atoms with E-state index in [0.717, 1.165) is 19.4 Å². The Balaban J connectivity index is 1.84. The zero-order valence-electron chi connectivity index (χ0n) is 11.6. The van der Waals surface area contributed by atoms with E-state index < -0.39 is 0 Å². The van der Waals surface area contributed by atoms with Crippen LogP contribution in [0, 0.1) is 17.8 Å². The summed E-state index contributed by atoms with van der Waals surface area (Å²) in [6.07, 6.45) is 4.54. The Labute approximate surface area is 110 Å². The number of hydrogen-bond acceptors (Lipinski definition) is 2. The first-order valence-electron chi connectivity index (χ1n) is 7.28. The van der Waals surface area contributed by atoms with Crippen LogP contribution in [0.4, 0.5) is 4.79 Å². The van der Waals surface area contributed by atoms with Crippen molar-refractivity contribution in [2.75, 3.05) is 19.7 Å². The molecular formula is C14H26N2O2. The molecule has 1 heterocycles. The smallest absolute Gasteiger partial charge is 0.317 e. The van der Waals surface area contributed by atoms with E-state index in [1.54, 1.807) is 0 Å². The van der Waals surface area contributed by atoms with Crippen molar-refractivity contribution in [2.24, 2.45) is 17.8 Å². The van der Waals surface area contributed by atoms with Crippen molar-refractivity contribution in [3.05, 3.63) is 0 Å². The van der Waals surface area contributed by atoms with Gasteiger partial charge in [-0.25, -0.2) is 4.79 Å². The number of rotatable bonds is 2. The minimum absolute atomic E-state index is 0.0666. The molecular weight excluding hydrogens is 228 g/mol. The normalized spacial score (nSPS) is 36.7. The van der Waals surface area contributed by atoms with Crippen molar-refractivity contribution in [1.82, 2.24) is 10.2 Å². The van der Waals surface area contributed by atoms with Crippen LogP contribution in [0.3, 0.4) is 0 Å². The van der Waals surface area contributed by atoms with Crippen molar-refractivity contribution >= 4 is 6.03 Å². The van der Waals surface area contributed by atoms with Gasteiger partial charge in [-0.05, 0) is 24.7 Å². The van der Waals surface area contributed by atoms with E-state index in [0.29, 0.717) is 24.4 Å². The summed E-state index contributed by atoms with van der Waals surface area (Å²) in [5, 5.41) is 12.3. The van der Waals surface area contributed by atoms with Gasteiger partial charge in [-0.15, -0.1) is 0 Å². The molecule has 1 aliphatic carbocycles. The van der Waals surface area contributed by atoms with Crippen LogP contribution in [-0.4, -0.2) is 41.8 Å². The minimum atomic E-state index is 0.0666. The summed E-state index contributed by atoms with van der Waals surface area (Å²) >= 11 is 0. The molecule has 104 valence electrons. The van der Waals surface area contributed by atoms with Crippen LogP contribution in [0.1, 0.15) is 39.5 Å². The fourth-order valence-corrected chi connectivity index (χ4v) is 3.20. The second kappa shape index (κ2) is 5.91. The van der Waals surface area contributed by atoms with E-state index in [4.69, 9.17) is 5.11 Å². The van der Waals surface area contributed by atoms with Gasteiger partial charge >= 0.3 is 6.03 Å². The van der Waals surface area contributed by atoms with Crippen molar-refractivity contribution in [3.63, 3.8) is 0 Å². The van der Waals surface area contributed by atoms with Gasteiger partial charge in [-0.1, -0.05) is 26.7 Å². The van der Waals surface area contributed by atoms with Crippen LogP contribution in [0.5, 0.6) is 0 Å². The molecule has 2 rings (SSSR count). The second-order valence-electron chi connectivity index (χ2n) is 6.11. The largest absolute Gasteiger partial charge is 0.396 e.